The summed E-state index contributed by atoms with van der Waals surface area (Å²) >= 11 is 4.66. The van der Waals surface area contributed by atoms with Gasteiger partial charge >= 0.3 is 70.0 Å². The molecular weight excluding hydrogens is 200 g/mol. The van der Waals surface area contributed by atoms with Gasteiger partial charge in [0.25, 0.3) is 0 Å². The molecule has 0 unspecified atom stereocenters. The zero-order valence-electron chi connectivity index (χ0n) is 5.17. The van der Waals surface area contributed by atoms with Crippen LogP contribution >= 0.6 is 0 Å². The van der Waals surface area contributed by atoms with Crippen LogP contribution in [0, 0.1) is 0 Å². The van der Waals surface area contributed by atoms with E-state index in [1.54, 1.807) is 0 Å². The van der Waals surface area contributed by atoms with E-state index >= 15 is 0 Å². The minimum atomic E-state index is -0.802. The summed E-state index contributed by atoms with van der Waals surface area (Å²) in [6.07, 6.45) is 0. The summed E-state index contributed by atoms with van der Waals surface area (Å²) in [6.45, 7) is 0. The van der Waals surface area contributed by atoms with Crippen molar-refractivity contribution in [3.63, 3.8) is 0 Å². The molecule has 4 nitrogen and oxygen atoms in total. The van der Waals surface area contributed by atoms with Gasteiger partial charge in [-0.3, -0.25) is 0 Å². The van der Waals surface area contributed by atoms with Crippen LogP contribution in [-0.2, 0) is 16.0 Å². The first-order chi connectivity index (χ1) is 5.04. The molecule has 0 heterocycles. The van der Waals surface area contributed by atoms with Crippen LogP contribution in [0.25, 0.3) is 0 Å². The van der Waals surface area contributed by atoms with E-state index in [4.69, 9.17) is 20.4 Å². The molecule has 1 aromatic rings. The second-order valence-corrected chi connectivity index (χ2v) is 2.39. The van der Waals surface area contributed by atoms with Crippen molar-refractivity contribution in [3.05, 3.63) is 6.07 Å². The van der Waals surface area contributed by atoms with Gasteiger partial charge in [-0.05, 0) is 0 Å². The Bertz CT molecular complexity index is 271. The van der Waals surface area contributed by atoms with Gasteiger partial charge in [0.2, 0.25) is 0 Å². The maximum absolute atomic E-state index is 8.88. The molecule has 4 N–H and O–H groups in total. The number of rotatable bonds is 0. The third kappa shape index (κ3) is 1.20. The van der Waals surface area contributed by atoms with Gasteiger partial charge < -0.3 is 0 Å². The molecule has 0 fully saturated rings. The molecule has 0 saturated carbocycles. The van der Waals surface area contributed by atoms with Crippen LogP contribution in [0.2, 0.25) is 0 Å². The van der Waals surface area contributed by atoms with E-state index in [0.29, 0.717) is 0 Å². The molecule has 0 aromatic heterocycles. The monoisotopic (exact) mass is 204 g/mol. The predicted octanol–water partition coefficient (Wildman–Crippen LogP) is -0.319. The molecule has 0 radical (unpaired) electrons. The molecule has 0 saturated heterocycles. The van der Waals surface area contributed by atoms with Gasteiger partial charge in [0.1, 0.15) is 0 Å². The van der Waals surface area contributed by atoms with Crippen LogP contribution in [0.4, 0.5) is 0 Å². The molecule has 0 atom stereocenters. The van der Waals surface area contributed by atoms with E-state index in [-0.39, 0.29) is 4.46 Å². The molecule has 0 spiro atoms. The number of aromatic hydroxyl groups is 4. The Morgan fingerprint density at radius 3 is 2.00 bits per heavy atom. The Morgan fingerprint density at radius 1 is 0.909 bits per heavy atom. The SMILES string of the molecule is Oc1c[c]([Cu])c(O)c(O)c1O. The van der Waals surface area contributed by atoms with Crippen molar-refractivity contribution in [3.8, 4) is 23.0 Å². The topological polar surface area (TPSA) is 80.9 Å². The van der Waals surface area contributed by atoms with E-state index < -0.39 is 23.0 Å². The Labute approximate surface area is 70.5 Å². The number of benzene rings is 1. The Kier molecular flexibility index (Phi) is 1.85. The van der Waals surface area contributed by atoms with Crippen LogP contribution in [0.3, 0.4) is 0 Å². The van der Waals surface area contributed by atoms with Crippen LogP contribution < -0.4 is 4.46 Å². The predicted molar refractivity (Wildman–Crippen MR) is 32.7 cm³/mol. The quantitative estimate of drug-likeness (QED) is 0.265. The van der Waals surface area contributed by atoms with E-state index in [0.717, 1.165) is 6.07 Å². The van der Waals surface area contributed by atoms with E-state index in [1.807, 2.05) is 0 Å². The Balaban J connectivity index is 3.46. The third-order valence-electron chi connectivity index (χ3n) is 1.15. The molecule has 0 amide bonds. The van der Waals surface area contributed by atoms with Crippen molar-refractivity contribution in [2.24, 2.45) is 0 Å². The Morgan fingerprint density at radius 2 is 1.45 bits per heavy atom. The fraction of sp³-hybridized carbons (Fsp3) is 0. The summed E-state index contributed by atoms with van der Waals surface area (Å²) < 4.78 is -0.134. The summed E-state index contributed by atoms with van der Waals surface area (Å²) in [5, 5.41) is 35.3. The van der Waals surface area contributed by atoms with Gasteiger partial charge in [-0.15, -0.1) is 0 Å². The standard InChI is InChI=1S/C6H5O4.Cu/c7-3-1-2-4(8)6(10)5(3)9;/h1,7-10H;. The van der Waals surface area contributed by atoms with Gasteiger partial charge in [-0.2, -0.15) is 0 Å². The number of hydrogen-bond acceptors (Lipinski definition) is 4. The van der Waals surface area contributed by atoms with Crippen molar-refractivity contribution in [2.75, 3.05) is 0 Å². The van der Waals surface area contributed by atoms with Crippen molar-refractivity contribution in [1.29, 1.82) is 0 Å². The zero-order chi connectivity index (χ0) is 8.59. The zero-order valence-corrected chi connectivity index (χ0v) is 6.11. The van der Waals surface area contributed by atoms with Gasteiger partial charge in [-0.1, -0.05) is 0 Å². The van der Waals surface area contributed by atoms with E-state index in [1.165, 1.54) is 0 Å². The maximum atomic E-state index is 8.88. The van der Waals surface area contributed by atoms with Crippen molar-refractivity contribution in [1.82, 2.24) is 0 Å². The molecule has 0 aliphatic heterocycles. The fourth-order valence-corrected chi connectivity index (χ4v) is 0.824. The molecule has 1 rings (SSSR count). The second kappa shape index (κ2) is 2.52. The third-order valence-corrected chi connectivity index (χ3v) is 1.51. The van der Waals surface area contributed by atoms with Crippen LogP contribution in [0.15, 0.2) is 6.07 Å². The number of hydrogen-bond donors (Lipinski definition) is 4. The van der Waals surface area contributed by atoms with E-state index in [9.17, 15) is 0 Å². The van der Waals surface area contributed by atoms with Crippen molar-refractivity contribution >= 4 is 4.46 Å². The number of phenolic OH excluding ortho intramolecular Hbond substituents is 4. The Hall–Kier alpha value is -1.06. The summed E-state index contributed by atoms with van der Waals surface area (Å²) in [4.78, 5) is 0. The number of phenols is 4. The van der Waals surface area contributed by atoms with Crippen LogP contribution in [-0.4, -0.2) is 20.4 Å². The normalized spacial score (nSPS) is 10.0. The minimum absolute atomic E-state index is 0.134. The van der Waals surface area contributed by atoms with Gasteiger partial charge in [0, 0.05) is 0 Å². The summed E-state index contributed by atoms with van der Waals surface area (Å²) in [7, 11) is 0. The summed E-state index contributed by atoms with van der Waals surface area (Å²) in [5.74, 6) is -2.74. The van der Waals surface area contributed by atoms with Crippen molar-refractivity contribution in [2.45, 2.75) is 0 Å². The summed E-state index contributed by atoms with van der Waals surface area (Å²) in [5.41, 5.74) is 0. The average Bonchev–Trinajstić information content (AvgIpc) is 1.97. The average molecular weight is 205 g/mol. The molecule has 0 aliphatic rings. The van der Waals surface area contributed by atoms with Crippen LogP contribution in [0.5, 0.6) is 23.0 Å². The van der Waals surface area contributed by atoms with E-state index in [2.05, 4.69) is 16.0 Å². The molecular formula is C6H5CuO4. The first kappa shape index (κ1) is 8.04. The molecule has 11 heavy (non-hydrogen) atoms. The molecule has 0 aliphatic carbocycles. The molecule has 64 valence electrons. The molecule has 0 bridgehead atoms. The second-order valence-electron chi connectivity index (χ2n) is 1.88. The molecule has 1 aromatic carbocycles. The van der Waals surface area contributed by atoms with Crippen LogP contribution in [0.1, 0.15) is 0 Å². The van der Waals surface area contributed by atoms with Gasteiger partial charge in [-0.25, -0.2) is 0 Å². The molecule has 5 heteroatoms. The fourth-order valence-electron chi connectivity index (χ4n) is 0.584. The van der Waals surface area contributed by atoms with Crippen molar-refractivity contribution < 1.29 is 36.4 Å². The first-order valence-corrected chi connectivity index (χ1v) is 3.09. The summed E-state index contributed by atoms with van der Waals surface area (Å²) in [6, 6.07) is 0.963. The first-order valence-electron chi connectivity index (χ1n) is 2.62. The van der Waals surface area contributed by atoms with Gasteiger partial charge in [0.05, 0.1) is 0 Å². The van der Waals surface area contributed by atoms with Gasteiger partial charge in [0.15, 0.2) is 0 Å².